The van der Waals surface area contributed by atoms with E-state index in [4.69, 9.17) is 5.73 Å². The number of likely N-dealkylation sites (tertiary alicyclic amines) is 2. The maximum atomic E-state index is 12.2. The molecule has 1 atom stereocenters. The Morgan fingerprint density at radius 1 is 1.12 bits per heavy atom. The Morgan fingerprint density at radius 2 is 1.77 bits per heavy atom. The zero-order chi connectivity index (χ0) is 17.2. The topological polar surface area (TPSA) is 61.6 Å². The Bertz CT molecular complexity index is 451. The van der Waals surface area contributed by atoms with E-state index >= 15 is 0 Å². The SMILES string of the molecule is CC(C)(CN1CCC(CNC(=O)C2(N)CCC2)C1)N1CCCCC1.Cl.Cl. The lowest BCUT2D eigenvalue weighted by Crippen LogP contribution is -2.59. The van der Waals surface area contributed by atoms with Crippen molar-refractivity contribution in [2.24, 2.45) is 11.7 Å². The van der Waals surface area contributed by atoms with Crippen LogP contribution >= 0.6 is 24.8 Å². The van der Waals surface area contributed by atoms with Crippen molar-refractivity contribution in [3.63, 3.8) is 0 Å². The number of carbonyl (C=O) groups is 1. The summed E-state index contributed by atoms with van der Waals surface area (Å²) in [6, 6.07) is 0. The van der Waals surface area contributed by atoms with Gasteiger partial charge >= 0.3 is 0 Å². The van der Waals surface area contributed by atoms with Gasteiger partial charge < -0.3 is 16.0 Å². The van der Waals surface area contributed by atoms with E-state index in [1.165, 1.54) is 38.8 Å². The second-order valence-corrected chi connectivity index (χ2v) is 8.97. The van der Waals surface area contributed by atoms with Crippen molar-refractivity contribution in [3.8, 4) is 0 Å². The highest BCUT2D eigenvalue weighted by molar-refractivity contribution is 5.87. The van der Waals surface area contributed by atoms with E-state index in [1.54, 1.807) is 0 Å². The summed E-state index contributed by atoms with van der Waals surface area (Å²) in [5, 5.41) is 3.11. The van der Waals surface area contributed by atoms with Crippen LogP contribution in [0.1, 0.15) is 58.8 Å². The fraction of sp³-hybridized carbons (Fsp3) is 0.947. The molecule has 5 nitrogen and oxygen atoms in total. The first kappa shape index (κ1) is 24.0. The monoisotopic (exact) mass is 408 g/mol. The molecule has 1 amide bonds. The molecule has 26 heavy (non-hydrogen) atoms. The first-order chi connectivity index (χ1) is 11.4. The minimum absolute atomic E-state index is 0. The van der Waals surface area contributed by atoms with Crippen LogP contribution in [0.25, 0.3) is 0 Å². The van der Waals surface area contributed by atoms with Crippen molar-refractivity contribution in [2.75, 3.05) is 39.3 Å². The van der Waals surface area contributed by atoms with Crippen molar-refractivity contribution >= 4 is 30.7 Å². The second kappa shape index (κ2) is 9.92. The molecule has 0 radical (unpaired) electrons. The molecule has 0 aromatic rings. The number of nitrogens with zero attached hydrogens (tertiary/aromatic N) is 2. The summed E-state index contributed by atoms with van der Waals surface area (Å²) >= 11 is 0. The number of hydrogen-bond donors (Lipinski definition) is 2. The number of piperidine rings is 1. The summed E-state index contributed by atoms with van der Waals surface area (Å²) in [5.74, 6) is 0.649. The molecule has 0 aromatic heterocycles. The van der Waals surface area contributed by atoms with Gasteiger partial charge in [-0.1, -0.05) is 6.42 Å². The number of nitrogens with two attached hydrogens (primary N) is 1. The molecule has 1 saturated carbocycles. The number of amides is 1. The van der Waals surface area contributed by atoms with Gasteiger partial charge in [-0.05, 0) is 77.9 Å². The van der Waals surface area contributed by atoms with Gasteiger partial charge in [0.2, 0.25) is 5.91 Å². The predicted octanol–water partition coefficient (Wildman–Crippen LogP) is 2.41. The van der Waals surface area contributed by atoms with E-state index in [-0.39, 0.29) is 36.3 Å². The molecule has 3 fully saturated rings. The molecular weight excluding hydrogens is 371 g/mol. The smallest absolute Gasteiger partial charge is 0.240 e. The van der Waals surface area contributed by atoms with Gasteiger partial charge in [-0.2, -0.15) is 0 Å². The van der Waals surface area contributed by atoms with Crippen LogP contribution in [-0.2, 0) is 4.79 Å². The Hall–Kier alpha value is -0.0700. The molecule has 2 heterocycles. The number of carbonyl (C=O) groups excluding carboxylic acids is 1. The van der Waals surface area contributed by atoms with Crippen molar-refractivity contribution in [3.05, 3.63) is 0 Å². The minimum Gasteiger partial charge on any atom is -0.354 e. The van der Waals surface area contributed by atoms with Crippen LogP contribution in [-0.4, -0.2) is 66.1 Å². The molecule has 0 spiro atoms. The normalized spacial score (nSPS) is 26.3. The van der Waals surface area contributed by atoms with E-state index in [9.17, 15) is 4.79 Å². The molecule has 3 N–H and O–H groups in total. The third kappa shape index (κ3) is 5.71. The largest absolute Gasteiger partial charge is 0.354 e. The fourth-order valence-electron chi connectivity index (χ4n) is 4.57. The average molecular weight is 409 g/mol. The van der Waals surface area contributed by atoms with Crippen LogP contribution in [0.4, 0.5) is 0 Å². The third-order valence-corrected chi connectivity index (χ3v) is 6.44. The van der Waals surface area contributed by atoms with Gasteiger partial charge in [0.25, 0.3) is 0 Å². The minimum atomic E-state index is -0.561. The van der Waals surface area contributed by atoms with Gasteiger partial charge in [-0.3, -0.25) is 9.69 Å². The van der Waals surface area contributed by atoms with Gasteiger partial charge in [-0.15, -0.1) is 24.8 Å². The summed E-state index contributed by atoms with van der Waals surface area (Å²) < 4.78 is 0. The van der Waals surface area contributed by atoms with Gasteiger partial charge in [0.1, 0.15) is 0 Å². The molecule has 7 heteroatoms. The number of nitrogens with one attached hydrogen (secondary N) is 1. The average Bonchev–Trinajstić information content (AvgIpc) is 2.98. The van der Waals surface area contributed by atoms with E-state index in [1.807, 2.05) is 0 Å². The van der Waals surface area contributed by atoms with Crippen LogP contribution in [0.15, 0.2) is 0 Å². The van der Waals surface area contributed by atoms with Gasteiger partial charge in [0, 0.05) is 25.2 Å². The van der Waals surface area contributed by atoms with Crippen LogP contribution in [0.3, 0.4) is 0 Å². The van der Waals surface area contributed by atoms with E-state index in [0.29, 0.717) is 5.92 Å². The molecule has 1 aliphatic carbocycles. The summed E-state index contributed by atoms with van der Waals surface area (Å²) in [7, 11) is 0. The van der Waals surface area contributed by atoms with Crippen molar-refractivity contribution in [1.29, 1.82) is 0 Å². The first-order valence-electron chi connectivity index (χ1n) is 9.94. The lowest BCUT2D eigenvalue weighted by atomic mass is 9.77. The molecule has 0 aromatic carbocycles. The highest BCUT2D eigenvalue weighted by Gasteiger charge is 2.40. The zero-order valence-corrected chi connectivity index (χ0v) is 18.1. The van der Waals surface area contributed by atoms with Crippen LogP contribution < -0.4 is 11.1 Å². The van der Waals surface area contributed by atoms with Crippen LogP contribution in [0, 0.1) is 5.92 Å². The number of hydrogen-bond acceptors (Lipinski definition) is 4. The van der Waals surface area contributed by atoms with Gasteiger partial charge in [0.15, 0.2) is 0 Å². The van der Waals surface area contributed by atoms with Gasteiger partial charge in [0.05, 0.1) is 5.54 Å². The maximum absolute atomic E-state index is 12.2. The second-order valence-electron chi connectivity index (χ2n) is 8.97. The molecule has 0 bridgehead atoms. The lowest BCUT2D eigenvalue weighted by molar-refractivity contribution is -0.129. The molecule has 1 unspecified atom stereocenters. The molecule has 2 saturated heterocycles. The highest BCUT2D eigenvalue weighted by atomic mass is 35.5. The Labute approximate surface area is 171 Å². The fourth-order valence-corrected chi connectivity index (χ4v) is 4.57. The van der Waals surface area contributed by atoms with Crippen LogP contribution in [0.2, 0.25) is 0 Å². The predicted molar refractivity (Wildman–Crippen MR) is 112 cm³/mol. The summed E-state index contributed by atoms with van der Waals surface area (Å²) in [5.41, 5.74) is 5.79. The molecule has 3 aliphatic rings. The number of halogens is 2. The highest BCUT2D eigenvalue weighted by Crippen LogP contribution is 2.29. The molecule has 2 aliphatic heterocycles. The lowest BCUT2D eigenvalue weighted by Gasteiger charge is -2.43. The third-order valence-electron chi connectivity index (χ3n) is 6.44. The first-order valence-corrected chi connectivity index (χ1v) is 9.94. The van der Waals surface area contributed by atoms with Crippen molar-refractivity contribution in [1.82, 2.24) is 15.1 Å². The molecular formula is C19H38Cl2N4O. The quantitative estimate of drug-likeness (QED) is 0.707. The van der Waals surface area contributed by atoms with Crippen LogP contribution in [0.5, 0.6) is 0 Å². The summed E-state index contributed by atoms with van der Waals surface area (Å²) in [6.45, 7) is 11.5. The van der Waals surface area contributed by atoms with Crippen molar-refractivity contribution < 1.29 is 4.79 Å². The standard InChI is InChI=1S/C19H36N4O.2ClH/c1-18(2,23-10-4-3-5-11-23)15-22-12-7-16(14-22)13-21-17(24)19(20)8-6-9-19;;/h16H,3-15,20H2,1-2H3,(H,21,24);2*1H. The summed E-state index contributed by atoms with van der Waals surface area (Å²) in [6.07, 6.45) is 8.05. The Morgan fingerprint density at radius 3 is 2.35 bits per heavy atom. The van der Waals surface area contributed by atoms with E-state index in [0.717, 1.165) is 45.4 Å². The Kier molecular flexibility index (Phi) is 9.15. The summed E-state index contributed by atoms with van der Waals surface area (Å²) in [4.78, 5) is 17.4. The number of rotatable bonds is 6. The van der Waals surface area contributed by atoms with Gasteiger partial charge in [-0.25, -0.2) is 0 Å². The Balaban J connectivity index is 0.00000169. The van der Waals surface area contributed by atoms with E-state index < -0.39 is 5.54 Å². The zero-order valence-electron chi connectivity index (χ0n) is 16.5. The van der Waals surface area contributed by atoms with E-state index in [2.05, 4.69) is 29.0 Å². The van der Waals surface area contributed by atoms with Crippen molar-refractivity contribution in [2.45, 2.75) is 69.9 Å². The maximum Gasteiger partial charge on any atom is 0.240 e. The molecule has 3 rings (SSSR count). The molecule has 154 valence electrons.